The number of aryl methyl sites for hydroxylation is 1. The molecule has 0 amide bonds. The van der Waals surface area contributed by atoms with Crippen LogP contribution < -0.4 is 5.32 Å². The Morgan fingerprint density at radius 2 is 1.94 bits per heavy atom. The van der Waals surface area contributed by atoms with Gasteiger partial charge < -0.3 is 10.1 Å². The molecular formula is C12H17F2NO. The van der Waals surface area contributed by atoms with Gasteiger partial charge in [0.1, 0.15) is 11.6 Å². The molecule has 1 rings (SSSR count). The van der Waals surface area contributed by atoms with E-state index in [-0.39, 0.29) is 5.69 Å². The highest BCUT2D eigenvalue weighted by Gasteiger charge is 2.06. The van der Waals surface area contributed by atoms with E-state index in [4.69, 9.17) is 4.74 Å². The summed E-state index contributed by atoms with van der Waals surface area (Å²) in [5, 5.41) is 2.80. The van der Waals surface area contributed by atoms with Gasteiger partial charge in [-0.05, 0) is 25.0 Å². The molecule has 1 aromatic carbocycles. The van der Waals surface area contributed by atoms with Gasteiger partial charge in [-0.3, -0.25) is 0 Å². The van der Waals surface area contributed by atoms with E-state index in [2.05, 4.69) is 5.32 Å². The number of hydrogen-bond donors (Lipinski definition) is 1. The fraction of sp³-hybridized carbons (Fsp3) is 0.500. The Kier molecular flexibility index (Phi) is 5.19. The van der Waals surface area contributed by atoms with Crippen molar-refractivity contribution < 1.29 is 13.5 Å². The van der Waals surface area contributed by atoms with Gasteiger partial charge in [0.25, 0.3) is 0 Å². The van der Waals surface area contributed by atoms with E-state index in [0.29, 0.717) is 25.3 Å². The van der Waals surface area contributed by atoms with Gasteiger partial charge in [-0.25, -0.2) is 8.78 Å². The van der Waals surface area contributed by atoms with Crippen LogP contribution in [0.5, 0.6) is 0 Å². The van der Waals surface area contributed by atoms with Crippen LogP contribution in [-0.2, 0) is 4.74 Å². The molecular weight excluding hydrogens is 212 g/mol. The molecule has 4 heteroatoms. The van der Waals surface area contributed by atoms with Gasteiger partial charge >= 0.3 is 0 Å². The lowest BCUT2D eigenvalue weighted by Gasteiger charge is -2.09. The van der Waals surface area contributed by atoms with Crippen molar-refractivity contribution in [2.24, 2.45) is 0 Å². The van der Waals surface area contributed by atoms with Crippen molar-refractivity contribution in [1.29, 1.82) is 0 Å². The Bertz CT molecular complexity index is 342. The minimum Gasteiger partial charge on any atom is -0.380 e. The van der Waals surface area contributed by atoms with Crippen LogP contribution in [0.15, 0.2) is 12.1 Å². The molecule has 0 spiro atoms. The number of halogens is 2. The third-order valence-corrected chi connectivity index (χ3v) is 2.16. The second kappa shape index (κ2) is 6.43. The van der Waals surface area contributed by atoms with Crippen molar-refractivity contribution in [1.82, 2.24) is 0 Å². The Hall–Kier alpha value is -1.16. The summed E-state index contributed by atoms with van der Waals surface area (Å²) in [6.45, 7) is 5.20. The highest BCUT2D eigenvalue weighted by Crippen LogP contribution is 2.18. The Morgan fingerprint density at radius 3 is 2.62 bits per heavy atom. The van der Waals surface area contributed by atoms with Crippen LogP contribution >= 0.6 is 0 Å². The van der Waals surface area contributed by atoms with E-state index in [1.165, 1.54) is 19.1 Å². The van der Waals surface area contributed by atoms with Crippen LogP contribution in [0.2, 0.25) is 0 Å². The molecule has 0 radical (unpaired) electrons. The maximum Gasteiger partial charge on any atom is 0.146 e. The van der Waals surface area contributed by atoms with Crippen LogP contribution in [0.4, 0.5) is 14.5 Å². The monoisotopic (exact) mass is 229 g/mol. The molecule has 0 unspecified atom stereocenters. The summed E-state index contributed by atoms with van der Waals surface area (Å²) in [6.07, 6.45) is 0.952. The van der Waals surface area contributed by atoms with E-state index >= 15 is 0 Å². The SMILES string of the molecule is CCCOCCNc1cc(F)c(C)cc1F. The van der Waals surface area contributed by atoms with Crippen LogP contribution in [0.25, 0.3) is 0 Å². The van der Waals surface area contributed by atoms with Crippen molar-refractivity contribution >= 4 is 5.69 Å². The Morgan fingerprint density at radius 1 is 1.19 bits per heavy atom. The smallest absolute Gasteiger partial charge is 0.146 e. The largest absolute Gasteiger partial charge is 0.380 e. The molecule has 0 aliphatic carbocycles. The first-order valence-electron chi connectivity index (χ1n) is 5.42. The average Bonchev–Trinajstić information content (AvgIpc) is 2.25. The first kappa shape index (κ1) is 12.9. The molecule has 0 atom stereocenters. The van der Waals surface area contributed by atoms with Crippen molar-refractivity contribution in [3.05, 3.63) is 29.3 Å². The quantitative estimate of drug-likeness (QED) is 0.757. The lowest BCUT2D eigenvalue weighted by atomic mass is 10.2. The summed E-state index contributed by atoms with van der Waals surface area (Å²) in [5.74, 6) is -0.840. The topological polar surface area (TPSA) is 21.3 Å². The van der Waals surface area contributed by atoms with Gasteiger partial charge in [-0.1, -0.05) is 6.92 Å². The molecule has 0 aromatic heterocycles. The molecule has 2 nitrogen and oxygen atoms in total. The molecule has 0 fully saturated rings. The van der Waals surface area contributed by atoms with E-state index in [1.807, 2.05) is 6.92 Å². The highest BCUT2D eigenvalue weighted by atomic mass is 19.1. The summed E-state index contributed by atoms with van der Waals surface area (Å²) in [5.41, 5.74) is 0.494. The van der Waals surface area contributed by atoms with E-state index in [9.17, 15) is 8.78 Å². The van der Waals surface area contributed by atoms with Crippen LogP contribution in [0.1, 0.15) is 18.9 Å². The van der Waals surface area contributed by atoms with E-state index in [1.54, 1.807) is 0 Å². The second-order valence-corrected chi connectivity index (χ2v) is 3.62. The lowest BCUT2D eigenvalue weighted by Crippen LogP contribution is -2.11. The van der Waals surface area contributed by atoms with Gasteiger partial charge in [0, 0.05) is 19.2 Å². The average molecular weight is 229 g/mol. The maximum absolute atomic E-state index is 13.3. The minimum atomic E-state index is -0.436. The molecule has 1 aromatic rings. The lowest BCUT2D eigenvalue weighted by molar-refractivity contribution is 0.144. The van der Waals surface area contributed by atoms with E-state index < -0.39 is 11.6 Å². The van der Waals surface area contributed by atoms with Crippen molar-refractivity contribution in [3.8, 4) is 0 Å². The number of ether oxygens (including phenoxy) is 1. The van der Waals surface area contributed by atoms with Crippen molar-refractivity contribution in [3.63, 3.8) is 0 Å². The van der Waals surface area contributed by atoms with Gasteiger partial charge in [0.05, 0.1) is 12.3 Å². The predicted octanol–water partition coefficient (Wildman–Crippen LogP) is 3.11. The molecule has 0 saturated carbocycles. The zero-order chi connectivity index (χ0) is 12.0. The first-order valence-corrected chi connectivity index (χ1v) is 5.42. The van der Waals surface area contributed by atoms with Gasteiger partial charge in [-0.2, -0.15) is 0 Å². The molecule has 0 saturated heterocycles. The highest BCUT2D eigenvalue weighted by molar-refractivity contribution is 5.46. The molecule has 16 heavy (non-hydrogen) atoms. The van der Waals surface area contributed by atoms with Crippen molar-refractivity contribution in [2.45, 2.75) is 20.3 Å². The Balaban J connectivity index is 2.45. The Labute approximate surface area is 94.6 Å². The normalized spacial score (nSPS) is 10.5. The molecule has 0 heterocycles. The number of anilines is 1. The maximum atomic E-state index is 13.3. The number of rotatable bonds is 6. The van der Waals surface area contributed by atoms with E-state index in [0.717, 1.165) is 6.42 Å². The van der Waals surface area contributed by atoms with Crippen LogP contribution in [0.3, 0.4) is 0 Å². The minimum absolute atomic E-state index is 0.184. The summed E-state index contributed by atoms with van der Waals surface area (Å²) >= 11 is 0. The second-order valence-electron chi connectivity index (χ2n) is 3.62. The zero-order valence-corrected chi connectivity index (χ0v) is 9.65. The third kappa shape index (κ3) is 3.77. The van der Waals surface area contributed by atoms with Gasteiger partial charge in [0.2, 0.25) is 0 Å². The molecule has 1 N–H and O–H groups in total. The molecule has 0 bridgehead atoms. The predicted molar refractivity (Wildman–Crippen MR) is 60.7 cm³/mol. The van der Waals surface area contributed by atoms with Gasteiger partial charge in [-0.15, -0.1) is 0 Å². The first-order chi connectivity index (χ1) is 7.65. The summed E-state index contributed by atoms with van der Waals surface area (Å²) < 4.78 is 31.7. The summed E-state index contributed by atoms with van der Waals surface area (Å²) in [7, 11) is 0. The molecule has 0 aliphatic rings. The number of hydrogen-bond acceptors (Lipinski definition) is 2. The zero-order valence-electron chi connectivity index (χ0n) is 9.65. The summed E-state index contributed by atoms with van der Waals surface area (Å²) in [4.78, 5) is 0. The van der Waals surface area contributed by atoms with Gasteiger partial charge in [0.15, 0.2) is 0 Å². The van der Waals surface area contributed by atoms with Crippen LogP contribution in [-0.4, -0.2) is 19.8 Å². The summed E-state index contributed by atoms with van der Waals surface area (Å²) in [6, 6.07) is 2.36. The fourth-order valence-electron chi connectivity index (χ4n) is 1.29. The number of nitrogens with one attached hydrogen (secondary N) is 1. The van der Waals surface area contributed by atoms with Crippen molar-refractivity contribution in [2.75, 3.05) is 25.1 Å². The molecule has 0 aliphatic heterocycles. The number of benzene rings is 1. The molecule has 90 valence electrons. The fourth-order valence-corrected chi connectivity index (χ4v) is 1.29. The third-order valence-electron chi connectivity index (χ3n) is 2.16. The van der Waals surface area contributed by atoms with Crippen LogP contribution in [0, 0.1) is 18.6 Å². The standard InChI is InChI=1S/C12H17F2NO/c1-3-5-16-6-4-15-12-8-10(13)9(2)7-11(12)14/h7-8,15H,3-6H2,1-2H3.